The Labute approximate surface area is 139 Å². The van der Waals surface area contributed by atoms with Gasteiger partial charge in [-0.15, -0.1) is 0 Å². The van der Waals surface area contributed by atoms with Crippen LogP contribution in [0.3, 0.4) is 0 Å². The topological polar surface area (TPSA) is 59.0 Å². The van der Waals surface area contributed by atoms with Crippen molar-refractivity contribution in [2.45, 2.75) is 12.1 Å². The molecule has 0 aromatic heterocycles. The van der Waals surface area contributed by atoms with Gasteiger partial charge in [0.2, 0.25) is 0 Å². The molecule has 0 N–H and O–H groups in total. The maximum Gasteiger partial charge on any atom is 0.164 e. The van der Waals surface area contributed by atoms with E-state index in [1.807, 2.05) is 29.2 Å². The Morgan fingerprint density at radius 1 is 1.36 bits per heavy atom. The Morgan fingerprint density at radius 2 is 2.09 bits per heavy atom. The summed E-state index contributed by atoms with van der Waals surface area (Å²) >= 11 is 7.54. The molecular weight excluding hydrogens is 344 g/mol. The summed E-state index contributed by atoms with van der Waals surface area (Å²) in [5.41, 5.74) is 0.928. The summed E-state index contributed by atoms with van der Waals surface area (Å²) in [6.45, 7) is 0.631. The Bertz CT molecular complexity index is 676. The number of methoxy groups -OCH3 is 1. The fourth-order valence-corrected chi connectivity index (χ4v) is 5.75. The molecule has 0 radical (unpaired) electrons. The lowest BCUT2D eigenvalue weighted by Crippen LogP contribution is -2.39. The van der Waals surface area contributed by atoms with Gasteiger partial charge >= 0.3 is 0 Å². The molecule has 5 nitrogen and oxygen atoms in total. The number of sulfone groups is 1. The zero-order chi connectivity index (χ0) is 15.7. The number of halogens is 1. The molecule has 22 heavy (non-hydrogen) atoms. The van der Waals surface area contributed by atoms with E-state index in [0.717, 1.165) is 16.6 Å². The van der Waals surface area contributed by atoms with Crippen LogP contribution in [0.4, 0.5) is 5.69 Å². The Morgan fingerprint density at radius 3 is 2.77 bits per heavy atom. The van der Waals surface area contributed by atoms with Gasteiger partial charge in [-0.1, -0.05) is 23.4 Å². The van der Waals surface area contributed by atoms with Gasteiger partial charge in [0.1, 0.15) is 0 Å². The molecular formula is C14H17ClN2O3S2. The smallest absolute Gasteiger partial charge is 0.164 e. The zero-order valence-electron chi connectivity index (χ0n) is 12.1. The van der Waals surface area contributed by atoms with Gasteiger partial charge in [-0.05, 0) is 24.3 Å². The van der Waals surface area contributed by atoms with Crippen LogP contribution in [0, 0.1) is 0 Å². The standard InChI is InChI=1S/C14H17ClN2O3S2/c1-20-6-7-21-14-16-12-8-22(18,19)9-13(12)17(14)11-4-2-10(15)3-5-11/h2-5,12-13H,6-9H2,1H3. The summed E-state index contributed by atoms with van der Waals surface area (Å²) in [6.07, 6.45) is 0. The third-order valence-electron chi connectivity index (χ3n) is 3.73. The summed E-state index contributed by atoms with van der Waals surface area (Å²) in [4.78, 5) is 6.67. The SMILES string of the molecule is COCCSC1=NC2CS(=O)(=O)CC2N1c1ccc(Cl)cc1. The first-order valence-electron chi connectivity index (χ1n) is 6.95. The summed E-state index contributed by atoms with van der Waals surface area (Å²) in [5, 5.41) is 1.52. The van der Waals surface area contributed by atoms with Gasteiger partial charge in [0, 0.05) is 23.6 Å². The van der Waals surface area contributed by atoms with Gasteiger partial charge in [-0.2, -0.15) is 0 Å². The lowest BCUT2D eigenvalue weighted by molar-refractivity contribution is 0.219. The van der Waals surface area contributed by atoms with Crippen LogP contribution in [0.1, 0.15) is 0 Å². The lowest BCUT2D eigenvalue weighted by atomic mass is 10.1. The molecule has 2 unspecified atom stereocenters. The maximum atomic E-state index is 11.9. The number of fused-ring (bicyclic) bond motifs is 1. The van der Waals surface area contributed by atoms with Gasteiger partial charge in [0.25, 0.3) is 0 Å². The number of hydrogen-bond acceptors (Lipinski definition) is 6. The van der Waals surface area contributed by atoms with E-state index in [1.54, 1.807) is 18.9 Å². The zero-order valence-corrected chi connectivity index (χ0v) is 14.5. The van der Waals surface area contributed by atoms with Gasteiger partial charge in [0.15, 0.2) is 15.0 Å². The molecule has 2 aliphatic rings. The number of aliphatic imine (C=N–C) groups is 1. The van der Waals surface area contributed by atoms with Crippen molar-refractivity contribution in [2.24, 2.45) is 4.99 Å². The quantitative estimate of drug-likeness (QED) is 0.769. The minimum atomic E-state index is -3.01. The Kier molecular flexibility index (Phi) is 4.68. The second kappa shape index (κ2) is 6.39. The lowest BCUT2D eigenvalue weighted by Gasteiger charge is -2.26. The second-order valence-corrected chi connectivity index (χ2v) is 8.96. The highest BCUT2D eigenvalue weighted by Crippen LogP contribution is 2.35. The van der Waals surface area contributed by atoms with Crippen LogP contribution >= 0.6 is 23.4 Å². The van der Waals surface area contributed by atoms with E-state index < -0.39 is 9.84 Å². The van der Waals surface area contributed by atoms with Gasteiger partial charge in [0.05, 0.1) is 30.2 Å². The van der Waals surface area contributed by atoms with Crippen LogP contribution in [0.25, 0.3) is 0 Å². The number of thioether (sulfide) groups is 1. The number of nitrogens with zero attached hydrogens (tertiary/aromatic N) is 2. The highest BCUT2D eigenvalue weighted by Gasteiger charge is 2.47. The number of amidine groups is 1. The summed E-state index contributed by atoms with van der Waals surface area (Å²) in [5.74, 6) is 1.07. The first-order chi connectivity index (χ1) is 10.5. The van der Waals surface area contributed by atoms with Crippen LogP contribution in [0.2, 0.25) is 5.02 Å². The van der Waals surface area contributed by atoms with Crippen molar-refractivity contribution in [1.29, 1.82) is 0 Å². The molecule has 2 aliphatic heterocycles. The molecule has 0 amide bonds. The maximum absolute atomic E-state index is 11.9. The molecule has 1 aromatic rings. The average Bonchev–Trinajstić information content (AvgIpc) is 2.92. The Balaban J connectivity index is 1.88. The van der Waals surface area contributed by atoms with Gasteiger partial charge < -0.3 is 9.64 Å². The molecule has 1 saturated heterocycles. The fraction of sp³-hybridized carbons (Fsp3) is 0.500. The molecule has 1 fully saturated rings. The van der Waals surface area contributed by atoms with E-state index >= 15 is 0 Å². The van der Waals surface area contributed by atoms with Crippen molar-refractivity contribution in [1.82, 2.24) is 0 Å². The first kappa shape index (κ1) is 16.1. The molecule has 2 heterocycles. The van der Waals surface area contributed by atoms with E-state index in [0.29, 0.717) is 11.6 Å². The predicted octanol–water partition coefficient (Wildman–Crippen LogP) is 2.06. The average molecular weight is 361 g/mol. The largest absolute Gasteiger partial charge is 0.384 e. The highest BCUT2D eigenvalue weighted by molar-refractivity contribution is 8.14. The summed E-state index contributed by atoms with van der Waals surface area (Å²) in [6, 6.07) is 7.14. The normalized spacial score (nSPS) is 26.1. The van der Waals surface area contributed by atoms with E-state index in [9.17, 15) is 8.42 Å². The molecule has 8 heteroatoms. The van der Waals surface area contributed by atoms with Crippen molar-refractivity contribution in [3.8, 4) is 0 Å². The molecule has 2 atom stereocenters. The second-order valence-electron chi connectivity index (χ2n) is 5.31. The van der Waals surface area contributed by atoms with Crippen LogP contribution in [0.15, 0.2) is 29.3 Å². The van der Waals surface area contributed by atoms with Crippen LogP contribution in [0.5, 0.6) is 0 Å². The first-order valence-corrected chi connectivity index (χ1v) is 10.1. The minimum absolute atomic E-state index is 0.115. The van der Waals surface area contributed by atoms with E-state index in [-0.39, 0.29) is 23.6 Å². The van der Waals surface area contributed by atoms with Crippen molar-refractivity contribution in [3.63, 3.8) is 0 Å². The van der Waals surface area contributed by atoms with Crippen LogP contribution in [-0.4, -0.2) is 56.6 Å². The Hall–Kier alpha value is -0.760. The van der Waals surface area contributed by atoms with Crippen molar-refractivity contribution in [2.75, 3.05) is 35.9 Å². The fourth-order valence-electron chi connectivity index (χ4n) is 2.75. The summed E-state index contributed by atoms with van der Waals surface area (Å²) in [7, 11) is -1.35. The monoisotopic (exact) mass is 360 g/mol. The molecule has 3 rings (SSSR count). The molecule has 0 bridgehead atoms. The number of hydrogen-bond donors (Lipinski definition) is 0. The molecule has 1 aromatic carbocycles. The van der Waals surface area contributed by atoms with E-state index in [2.05, 4.69) is 4.99 Å². The van der Waals surface area contributed by atoms with Crippen molar-refractivity contribution < 1.29 is 13.2 Å². The predicted molar refractivity (Wildman–Crippen MR) is 91.9 cm³/mol. The number of benzene rings is 1. The number of ether oxygens (including phenoxy) is 1. The molecule has 0 aliphatic carbocycles. The third-order valence-corrected chi connectivity index (χ3v) is 6.61. The molecule has 0 spiro atoms. The minimum Gasteiger partial charge on any atom is -0.384 e. The van der Waals surface area contributed by atoms with Gasteiger partial charge in [-0.25, -0.2) is 8.42 Å². The summed E-state index contributed by atoms with van der Waals surface area (Å²) < 4.78 is 28.9. The molecule has 0 saturated carbocycles. The van der Waals surface area contributed by atoms with Crippen molar-refractivity contribution >= 4 is 44.1 Å². The highest BCUT2D eigenvalue weighted by atomic mass is 35.5. The van der Waals surface area contributed by atoms with E-state index in [1.165, 1.54) is 0 Å². The third kappa shape index (κ3) is 3.27. The number of rotatable bonds is 4. The van der Waals surface area contributed by atoms with Crippen molar-refractivity contribution in [3.05, 3.63) is 29.3 Å². The van der Waals surface area contributed by atoms with Gasteiger partial charge in [-0.3, -0.25) is 4.99 Å². The van der Waals surface area contributed by atoms with Crippen LogP contribution in [-0.2, 0) is 14.6 Å². The van der Waals surface area contributed by atoms with E-state index in [4.69, 9.17) is 16.3 Å². The van der Waals surface area contributed by atoms with Crippen LogP contribution < -0.4 is 4.90 Å². The number of anilines is 1. The molecule has 120 valence electrons.